The van der Waals surface area contributed by atoms with Gasteiger partial charge in [-0.2, -0.15) is 0 Å². The molecule has 0 aliphatic carbocycles. The Morgan fingerprint density at radius 2 is 2.16 bits per heavy atom. The molecule has 0 saturated carbocycles. The molecule has 1 heterocycles. The lowest BCUT2D eigenvalue weighted by Gasteiger charge is -2.24. The summed E-state index contributed by atoms with van der Waals surface area (Å²) in [4.78, 5) is 5.23. The summed E-state index contributed by atoms with van der Waals surface area (Å²) in [5, 5.41) is 16.5. The zero-order chi connectivity index (χ0) is 14.5. The van der Waals surface area contributed by atoms with Crippen molar-refractivity contribution < 1.29 is 5.11 Å². The van der Waals surface area contributed by atoms with Crippen LogP contribution in [0.2, 0.25) is 4.34 Å². The summed E-state index contributed by atoms with van der Waals surface area (Å²) in [7, 11) is 0. The summed E-state index contributed by atoms with van der Waals surface area (Å²) in [5.74, 6) is 0.705. The molecule has 108 valence electrons. The van der Waals surface area contributed by atoms with Crippen LogP contribution in [0.25, 0.3) is 0 Å². The van der Waals surface area contributed by atoms with Gasteiger partial charge in [0, 0.05) is 17.0 Å². The minimum Gasteiger partial charge on any atom is -0.386 e. The highest BCUT2D eigenvalue weighted by Crippen LogP contribution is 2.26. The lowest BCUT2D eigenvalue weighted by molar-refractivity contribution is 0.191. The number of guanidine groups is 1. The van der Waals surface area contributed by atoms with E-state index in [2.05, 4.69) is 36.4 Å². The molecule has 0 bridgehead atoms. The van der Waals surface area contributed by atoms with E-state index in [1.165, 1.54) is 11.3 Å². The number of rotatable bonds is 4. The zero-order valence-electron chi connectivity index (χ0n) is 11.8. The van der Waals surface area contributed by atoms with Crippen molar-refractivity contribution in [2.75, 3.05) is 13.1 Å². The van der Waals surface area contributed by atoms with Gasteiger partial charge in [-0.05, 0) is 39.8 Å². The van der Waals surface area contributed by atoms with Crippen molar-refractivity contribution in [2.45, 2.75) is 39.3 Å². The zero-order valence-corrected chi connectivity index (χ0v) is 13.4. The Kier molecular flexibility index (Phi) is 6.10. The smallest absolute Gasteiger partial charge is 0.191 e. The first-order valence-electron chi connectivity index (χ1n) is 6.31. The third-order valence-electron chi connectivity index (χ3n) is 2.18. The van der Waals surface area contributed by atoms with Crippen LogP contribution in [0.3, 0.4) is 0 Å². The highest BCUT2D eigenvalue weighted by molar-refractivity contribution is 7.16. The van der Waals surface area contributed by atoms with Crippen LogP contribution in [0.15, 0.2) is 17.1 Å². The Hall–Kier alpha value is -0.780. The van der Waals surface area contributed by atoms with Crippen LogP contribution in [0.5, 0.6) is 0 Å². The summed E-state index contributed by atoms with van der Waals surface area (Å²) < 4.78 is 0.678. The van der Waals surface area contributed by atoms with Crippen LogP contribution in [0, 0.1) is 0 Å². The molecule has 1 rings (SSSR count). The molecule has 3 N–H and O–H groups in total. The molecule has 4 nitrogen and oxygen atoms in total. The van der Waals surface area contributed by atoms with Crippen molar-refractivity contribution in [1.29, 1.82) is 0 Å². The van der Waals surface area contributed by atoms with E-state index in [0.29, 0.717) is 16.8 Å². The normalized spacial score (nSPS) is 14.3. The van der Waals surface area contributed by atoms with Gasteiger partial charge in [-0.25, -0.2) is 0 Å². The number of aliphatic hydroxyl groups is 1. The lowest BCUT2D eigenvalue weighted by Crippen LogP contribution is -2.47. The topological polar surface area (TPSA) is 56.7 Å². The molecule has 19 heavy (non-hydrogen) atoms. The fraction of sp³-hybridized carbons (Fsp3) is 0.615. The molecule has 0 saturated heterocycles. The monoisotopic (exact) mass is 303 g/mol. The van der Waals surface area contributed by atoms with Crippen molar-refractivity contribution in [2.24, 2.45) is 4.99 Å². The highest BCUT2D eigenvalue weighted by atomic mass is 35.5. The van der Waals surface area contributed by atoms with E-state index in [0.717, 1.165) is 11.4 Å². The van der Waals surface area contributed by atoms with Gasteiger partial charge < -0.3 is 15.7 Å². The largest absolute Gasteiger partial charge is 0.386 e. The Morgan fingerprint density at radius 1 is 1.47 bits per heavy atom. The molecule has 0 aliphatic rings. The Labute approximate surface area is 123 Å². The number of nitrogens with zero attached hydrogens (tertiary/aromatic N) is 1. The van der Waals surface area contributed by atoms with Crippen LogP contribution in [0.4, 0.5) is 0 Å². The average Bonchev–Trinajstić information content (AvgIpc) is 2.71. The minimum atomic E-state index is -0.618. The Morgan fingerprint density at radius 3 is 2.63 bits per heavy atom. The molecule has 1 aromatic heterocycles. The van der Waals surface area contributed by atoms with Gasteiger partial charge in [-0.3, -0.25) is 4.99 Å². The van der Waals surface area contributed by atoms with Crippen LogP contribution < -0.4 is 10.6 Å². The van der Waals surface area contributed by atoms with Gasteiger partial charge in [0.25, 0.3) is 0 Å². The minimum absolute atomic E-state index is 0.0712. The van der Waals surface area contributed by atoms with Gasteiger partial charge in [0.1, 0.15) is 6.10 Å². The molecular weight excluding hydrogens is 282 g/mol. The van der Waals surface area contributed by atoms with Crippen molar-refractivity contribution in [1.82, 2.24) is 10.6 Å². The van der Waals surface area contributed by atoms with E-state index < -0.39 is 6.10 Å². The third-order valence-corrected chi connectivity index (χ3v) is 3.51. The van der Waals surface area contributed by atoms with E-state index in [1.54, 1.807) is 6.07 Å². The van der Waals surface area contributed by atoms with E-state index >= 15 is 0 Å². The second-order valence-corrected chi connectivity index (χ2v) is 7.00. The number of aliphatic hydroxyl groups excluding tert-OH is 1. The van der Waals surface area contributed by atoms with Gasteiger partial charge in [0.15, 0.2) is 5.96 Å². The third kappa shape index (κ3) is 6.27. The molecule has 6 heteroatoms. The van der Waals surface area contributed by atoms with E-state index in [9.17, 15) is 5.11 Å². The molecule has 0 aliphatic heterocycles. The molecular formula is C13H22ClN3OS. The first kappa shape index (κ1) is 16.3. The summed E-state index contributed by atoms with van der Waals surface area (Å²) >= 11 is 7.23. The second-order valence-electron chi connectivity index (χ2n) is 5.25. The van der Waals surface area contributed by atoms with Crippen LogP contribution in [-0.4, -0.2) is 29.7 Å². The molecule has 1 unspecified atom stereocenters. The van der Waals surface area contributed by atoms with E-state index in [1.807, 2.05) is 13.0 Å². The van der Waals surface area contributed by atoms with Gasteiger partial charge in [-0.15, -0.1) is 11.3 Å². The summed E-state index contributed by atoms with van der Waals surface area (Å²) in [6.45, 7) is 9.29. The Bertz CT molecular complexity index is 426. The maximum absolute atomic E-state index is 10.0. The molecule has 0 aromatic carbocycles. The standard InChI is InChI=1S/C13H22ClN3OS/c1-5-15-12(17-13(2,3)4)16-8-9(18)10-6-7-11(14)19-10/h6-7,9,18H,5,8H2,1-4H3,(H2,15,16,17). The molecule has 1 aromatic rings. The highest BCUT2D eigenvalue weighted by Gasteiger charge is 2.13. The van der Waals surface area contributed by atoms with E-state index in [4.69, 9.17) is 11.6 Å². The SMILES string of the molecule is CCNC(=NCC(O)c1ccc(Cl)s1)NC(C)(C)C. The quantitative estimate of drug-likeness (QED) is 0.592. The molecule has 0 fully saturated rings. The van der Waals surface area contributed by atoms with Crippen LogP contribution >= 0.6 is 22.9 Å². The van der Waals surface area contributed by atoms with Crippen LogP contribution in [-0.2, 0) is 0 Å². The van der Waals surface area contributed by atoms with Gasteiger partial charge in [0.05, 0.1) is 10.9 Å². The van der Waals surface area contributed by atoms with Crippen LogP contribution in [0.1, 0.15) is 38.7 Å². The lowest BCUT2D eigenvalue weighted by atomic mass is 10.1. The molecule has 1 atom stereocenters. The first-order valence-corrected chi connectivity index (χ1v) is 7.51. The summed E-state index contributed by atoms with van der Waals surface area (Å²) in [6.07, 6.45) is -0.618. The van der Waals surface area contributed by atoms with Crippen molar-refractivity contribution in [3.05, 3.63) is 21.3 Å². The first-order chi connectivity index (χ1) is 8.81. The maximum atomic E-state index is 10.0. The maximum Gasteiger partial charge on any atom is 0.191 e. The number of halogens is 1. The van der Waals surface area contributed by atoms with Crippen molar-refractivity contribution >= 4 is 28.9 Å². The molecule has 0 amide bonds. The van der Waals surface area contributed by atoms with Crippen molar-refractivity contribution in [3.8, 4) is 0 Å². The van der Waals surface area contributed by atoms with Gasteiger partial charge >= 0.3 is 0 Å². The fourth-order valence-corrected chi connectivity index (χ4v) is 2.48. The van der Waals surface area contributed by atoms with E-state index in [-0.39, 0.29) is 5.54 Å². The number of thiophene rings is 1. The predicted octanol–water partition coefficient (Wildman–Crippen LogP) is 2.79. The summed E-state index contributed by atoms with van der Waals surface area (Å²) in [6, 6.07) is 3.62. The number of hydrogen-bond donors (Lipinski definition) is 3. The Balaban J connectivity index is 2.64. The fourth-order valence-electron chi connectivity index (χ4n) is 1.44. The molecule has 0 radical (unpaired) electrons. The summed E-state index contributed by atoms with van der Waals surface area (Å²) in [5.41, 5.74) is -0.0712. The molecule has 0 spiro atoms. The number of aliphatic imine (C=N–C) groups is 1. The average molecular weight is 304 g/mol. The van der Waals surface area contributed by atoms with Gasteiger partial charge in [-0.1, -0.05) is 11.6 Å². The number of nitrogens with one attached hydrogen (secondary N) is 2. The van der Waals surface area contributed by atoms with Gasteiger partial charge in [0.2, 0.25) is 0 Å². The number of hydrogen-bond acceptors (Lipinski definition) is 3. The second kappa shape index (κ2) is 7.12. The predicted molar refractivity (Wildman–Crippen MR) is 83.2 cm³/mol. The van der Waals surface area contributed by atoms with Crippen molar-refractivity contribution in [3.63, 3.8) is 0 Å².